The standard InChI is InChI=1S/C23H27N3O4S/c1-4-14(3)24-19(27)13-25-22-20(17-7-6-8-18(17)31-22)21(28)26(23(25)29)15-9-11-16(12-10-15)30-5-2/h9-12,14H,4-8,13H2,1-3H3,(H,24,27)/t14-/m1/s1. The zero-order valence-corrected chi connectivity index (χ0v) is 18.9. The first-order valence-corrected chi connectivity index (χ1v) is 11.6. The van der Waals surface area contributed by atoms with E-state index >= 15 is 0 Å². The van der Waals surface area contributed by atoms with Crippen LogP contribution in [0.3, 0.4) is 0 Å². The van der Waals surface area contributed by atoms with Crippen LogP contribution in [0.15, 0.2) is 33.9 Å². The SMILES string of the molecule is CCOc1ccc(-n2c(=O)c3c4c(sc3n(CC(=O)N[C@H](C)CC)c2=O)CCC4)cc1. The fourth-order valence-electron chi connectivity index (χ4n) is 4.00. The van der Waals surface area contributed by atoms with Crippen LogP contribution in [0.4, 0.5) is 0 Å². The molecular formula is C23H27N3O4S. The van der Waals surface area contributed by atoms with Gasteiger partial charge in [0.25, 0.3) is 5.56 Å². The lowest BCUT2D eigenvalue weighted by atomic mass is 10.2. The largest absolute Gasteiger partial charge is 0.494 e. The Morgan fingerprint density at radius 3 is 2.61 bits per heavy atom. The number of aromatic nitrogens is 2. The Morgan fingerprint density at radius 1 is 1.19 bits per heavy atom. The molecule has 1 aliphatic carbocycles. The molecule has 8 heteroatoms. The van der Waals surface area contributed by atoms with Crippen molar-refractivity contribution in [1.82, 2.24) is 14.5 Å². The van der Waals surface area contributed by atoms with Crippen molar-refractivity contribution in [2.24, 2.45) is 0 Å². The van der Waals surface area contributed by atoms with E-state index in [4.69, 9.17) is 4.74 Å². The number of nitrogens with one attached hydrogen (secondary N) is 1. The molecule has 0 aliphatic heterocycles. The van der Waals surface area contributed by atoms with E-state index in [1.54, 1.807) is 24.3 Å². The predicted molar refractivity (Wildman–Crippen MR) is 123 cm³/mol. The molecule has 31 heavy (non-hydrogen) atoms. The smallest absolute Gasteiger partial charge is 0.337 e. The van der Waals surface area contributed by atoms with E-state index in [0.29, 0.717) is 28.3 Å². The molecule has 164 valence electrons. The van der Waals surface area contributed by atoms with Gasteiger partial charge < -0.3 is 10.1 Å². The second-order valence-corrected chi connectivity index (χ2v) is 8.93. The Labute approximate surface area is 184 Å². The number of hydrogen-bond donors (Lipinski definition) is 1. The van der Waals surface area contributed by atoms with Crippen molar-refractivity contribution in [1.29, 1.82) is 0 Å². The lowest BCUT2D eigenvalue weighted by molar-refractivity contribution is -0.122. The van der Waals surface area contributed by atoms with Crippen molar-refractivity contribution >= 4 is 27.5 Å². The zero-order valence-electron chi connectivity index (χ0n) is 18.1. The molecule has 0 radical (unpaired) electrons. The molecule has 2 heterocycles. The molecule has 0 fully saturated rings. The Kier molecular flexibility index (Phi) is 6.00. The maximum absolute atomic E-state index is 13.5. The Morgan fingerprint density at radius 2 is 1.94 bits per heavy atom. The summed E-state index contributed by atoms with van der Waals surface area (Å²) in [6.45, 7) is 6.23. The summed E-state index contributed by atoms with van der Waals surface area (Å²) in [5, 5.41) is 3.49. The lowest BCUT2D eigenvalue weighted by Gasteiger charge is -2.15. The first-order chi connectivity index (χ1) is 14.9. The molecule has 0 bridgehead atoms. The fourth-order valence-corrected chi connectivity index (χ4v) is 5.37. The molecule has 3 aromatic rings. The minimum absolute atomic E-state index is 0.0176. The summed E-state index contributed by atoms with van der Waals surface area (Å²) in [6.07, 6.45) is 3.54. The number of rotatable bonds is 7. The van der Waals surface area contributed by atoms with Gasteiger partial charge in [0, 0.05) is 10.9 Å². The van der Waals surface area contributed by atoms with Crippen LogP contribution in [0.5, 0.6) is 5.75 Å². The summed E-state index contributed by atoms with van der Waals surface area (Å²) in [5.74, 6) is 0.438. The van der Waals surface area contributed by atoms with Gasteiger partial charge in [0.05, 0.1) is 17.7 Å². The third-order valence-electron chi connectivity index (χ3n) is 5.71. The van der Waals surface area contributed by atoms with Gasteiger partial charge in [-0.3, -0.25) is 14.2 Å². The van der Waals surface area contributed by atoms with Gasteiger partial charge in [-0.05, 0) is 69.4 Å². The van der Waals surface area contributed by atoms with Crippen molar-refractivity contribution in [3.63, 3.8) is 0 Å². The molecule has 0 unspecified atom stereocenters. The normalized spacial score (nSPS) is 13.9. The predicted octanol–water partition coefficient (Wildman–Crippen LogP) is 3.02. The van der Waals surface area contributed by atoms with Gasteiger partial charge in [0.1, 0.15) is 17.1 Å². The molecule has 0 saturated heterocycles. The van der Waals surface area contributed by atoms with Gasteiger partial charge >= 0.3 is 5.69 Å². The second kappa shape index (κ2) is 8.70. The van der Waals surface area contributed by atoms with Gasteiger partial charge in [0.2, 0.25) is 5.91 Å². The summed E-state index contributed by atoms with van der Waals surface area (Å²) in [6, 6.07) is 6.91. The third-order valence-corrected chi connectivity index (χ3v) is 7.03. The minimum atomic E-state index is -0.499. The van der Waals surface area contributed by atoms with Crippen molar-refractivity contribution < 1.29 is 9.53 Å². The van der Waals surface area contributed by atoms with E-state index in [0.717, 1.165) is 36.1 Å². The first-order valence-electron chi connectivity index (χ1n) is 10.8. The molecule has 4 rings (SSSR count). The van der Waals surface area contributed by atoms with Crippen LogP contribution in [-0.2, 0) is 24.2 Å². The van der Waals surface area contributed by atoms with E-state index in [9.17, 15) is 14.4 Å². The van der Waals surface area contributed by atoms with Crippen LogP contribution in [0, 0.1) is 0 Å². The van der Waals surface area contributed by atoms with E-state index in [2.05, 4.69) is 5.32 Å². The molecule has 7 nitrogen and oxygen atoms in total. The van der Waals surface area contributed by atoms with E-state index in [1.807, 2.05) is 20.8 Å². The topological polar surface area (TPSA) is 82.3 Å². The highest BCUT2D eigenvalue weighted by Gasteiger charge is 2.26. The summed E-state index contributed by atoms with van der Waals surface area (Å²) in [5.41, 5.74) is 0.679. The second-order valence-electron chi connectivity index (χ2n) is 7.85. The molecule has 0 saturated carbocycles. The number of hydrogen-bond acceptors (Lipinski definition) is 5. The molecule has 1 amide bonds. The van der Waals surface area contributed by atoms with Gasteiger partial charge in [-0.15, -0.1) is 11.3 Å². The van der Waals surface area contributed by atoms with Crippen LogP contribution < -0.4 is 21.3 Å². The number of aryl methyl sites for hydroxylation is 2. The Hall–Kier alpha value is -2.87. The molecule has 1 N–H and O–H groups in total. The summed E-state index contributed by atoms with van der Waals surface area (Å²) < 4.78 is 8.11. The van der Waals surface area contributed by atoms with E-state index < -0.39 is 5.69 Å². The number of ether oxygens (including phenoxy) is 1. The average molecular weight is 442 g/mol. The Bertz CT molecular complexity index is 1240. The highest BCUT2D eigenvalue weighted by atomic mass is 32.1. The number of amides is 1. The summed E-state index contributed by atoms with van der Waals surface area (Å²) in [7, 11) is 0. The third kappa shape index (κ3) is 3.92. The van der Waals surface area contributed by atoms with Crippen LogP contribution in [0.1, 0.15) is 44.1 Å². The first kappa shape index (κ1) is 21.4. The van der Waals surface area contributed by atoms with Gasteiger partial charge in [-0.25, -0.2) is 9.36 Å². The van der Waals surface area contributed by atoms with E-state index in [-0.39, 0.29) is 24.1 Å². The number of carbonyl (C=O) groups is 1. The fraction of sp³-hybridized carbons (Fsp3) is 0.435. The van der Waals surface area contributed by atoms with Crippen molar-refractivity contribution in [2.75, 3.05) is 6.61 Å². The van der Waals surface area contributed by atoms with Crippen molar-refractivity contribution in [2.45, 2.75) is 59.0 Å². The minimum Gasteiger partial charge on any atom is -0.494 e. The summed E-state index contributed by atoms with van der Waals surface area (Å²) in [4.78, 5) is 41.3. The zero-order chi connectivity index (χ0) is 22.1. The van der Waals surface area contributed by atoms with Gasteiger partial charge in [0.15, 0.2) is 0 Å². The highest BCUT2D eigenvalue weighted by molar-refractivity contribution is 7.19. The number of fused-ring (bicyclic) bond motifs is 3. The molecule has 1 aromatic carbocycles. The lowest BCUT2D eigenvalue weighted by Crippen LogP contribution is -2.42. The molecule has 2 aromatic heterocycles. The molecule has 1 atom stereocenters. The number of carbonyl (C=O) groups excluding carboxylic acids is 1. The van der Waals surface area contributed by atoms with Gasteiger partial charge in [-0.2, -0.15) is 0 Å². The molecule has 1 aliphatic rings. The van der Waals surface area contributed by atoms with Crippen LogP contribution in [0.25, 0.3) is 15.9 Å². The van der Waals surface area contributed by atoms with Crippen molar-refractivity contribution in [3.05, 3.63) is 55.5 Å². The quantitative estimate of drug-likeness (QED) is 0.611. The molecule has 0 spiro atoms. The average Bonchev–Trinajstić information content (AvgIpc) is 3.34. The Balaban J connectivity index is 1.89. The number of benzene rings is 1. The maximum Gasteiger partial charge on any atom is 0.337 e. The maximum atomic E-state index is 13.5. The number of nitrogens with zero attached hydrogens (tertiary/aromatic N) is 2. The van der Waals surface area contributed by atoms with Gasteiger partial charge in [-0.1, -0.05) is 6.92 Å². The van der Waals surface area contributed by atoms with Crippen LogP contribution in [-0.4, -0.2) is 27.7 Å². The molecular weight excluding hydrogens is 414 g/mol. The van der Waals surface area contributed by atoms with Crippen molar-refractivity contribution in [3.8, 4) is 11.4 Å². The summed E-state index contributed by atoms with van der Waals surface area (Å²) >= 11 is 1.47. The van der Waals surface area contributed by atoms with Crippen LogP contribution in [0.2, 0.25) is 0 Å². The highest BCUT2D eigenvalue weighted by Crippen LogP contribution is 2.35. The monoisotopic (exact) mass is 441 g/mol. The van der Waals surface area contributed by atoms with E-state index in [1.165, 1.54) is 20.5 Å². The number of thiophene rings is 1. The van der Waals surface area contributed by atoms with Crippen LogP contribution >= 0.6 is 11.3 Å².